The number of carbonyl (C=O) groups excluding carboxylic acids is 1. The maximum absolute atomic E-state index is 12.2. The molecular weight excluding hydrogens is 252 g/mol. The van der Waals surface area contributed by atoms with Crippen molar-refractivity contribution in [2.75, 3.05) is 18.0 Å². The zero-order valence-electron chi connectivity index (χ0n) is 10.9. The van der Waals surface area contributed by atoms with Crippen molar-refractivity contribution in [2.24, 2.45) is 11.0 Å². The van der Waals surface area contributed by atoms with E-state index in [-0.39, 0.29) is 11.8 Å². The van der Waals surface area contributed by atoms with Gasteiger partial charge in [0.1, 0.15) is 0 Å². The molecule has 5 nitrogen and oxygen atoms in total. The summed E-state index contributed by atoms with van der Waals surface area (Å²) in [7, 11) is 0. The van der Waals surface area contributed by atoms with Crippen molar-refractivity contribution < 1.29 is 4.79 Å². The third kappa shape index (κ3) is 2.19. The number of azide groups is 1. The minimum atomic E-state index is 0.0968. The maximum atomic E-state index is 12.2. The SMILES string of the molecule is [N-]=[N+]=NCC1CC(=O)N(c2cccc3ccccc23)C1. The van der Waals surface area contributed by atoms with Crippen LogP contribution in [0.25, 0.3) is 21.2 Å². The van der Waals surface area contributed by atoms with E-state index in [4.69, 9.17) is 5.53 Å². The summed E-state index contributed by atoms with van der Waals surface area (Å²) >= 11 is 0. The third-order valence-electron chi connectivity index (χ3n) is 3.67. The van der Waals surface area contributed by atoms with E-state index < -0.39 is 0 Å². The molecule has 3 rings (SSSR count). The Labute approximate surface area is 116 Å². The molecule has 0 saturated carbocycles. The first-order chi connectivity index (χ1) is 9.79. The van der Waals surface area contributed by atoms with Crippen molar-refractivity contribution in [3.05, 3.63) is 52.9 Å². The van der Waals surface area contributed by atoms with E-state index in [0.717, 1.165) is 16.5 Å². The fraction of sp³-hybridized carbons (Fsp3) is 0.267. The molecule has 1 saturated heterocycles. The van der Waals surface area contributed by atoms with Gasteiger partial charge in [-0.1, -0.05) is 41.5 Å². The van der Waals surface area contributed by atoms with Gasteiger partial charge in [-0.3, -0.25) is 4.79 Å². The molecule has 0 aliphatic carbocycles. The van der Waals surface area contributed by atoms with Gasteiger partial charge in [0.2, 0.25) is 5.91 Å². The molecule has 0 bridgehead atoms. The lowest BCUT2D eigenvalue weighted by atomic mass is 10.1. The molecule has 20 heavy (non-hydrogen) atoms. The van der Waals surface area contributed by atoms with E-state index in [0.29, 0.717) is 19.5 Å². The van der Waals surface area contributed by atoms with Gasteiger partial charge in [0.25, 0.3) is 0 Å². The standard InChI is InChI=1S/C15H14N4O/c16-18-17-9-11-8-15(20)19(10-11)14-7-3-5-12-4-1-2-6-13(12)14/h1-7,11H,8-10H2. The summed E-state index contributed by atoms with van der Waals surface area (Å²) in [5.74, 6) is 0.205. The van der Waals surface area contributed by atoms with Gasteiger partial charge in [-0.25, -0.2) is 0 Å². The highest BCUT2D eigenvalue weighted by atomic mass is 16.2. The van der Waals surface area contributed by atoms with E-state index in [1.165, 1.54) is 0 Å². The topological polar surface area (TPSA) is 69.1 Å². The Morgan fingerprint density at radius 3 is 2.90 bits per heavy atom. The number of rotatable bonds is 3. The average Bonchev–Trinajstić information content (AvgIpc) is 2.85. The molecule has 1 amide bonds. The molecule has 0 aromatic heterocycles. The Kier molecular flexibility index (Phi) is 3.27. The fourth-order valence-corrected chi connectivity index (χ4v) is 2.73. The summed E-state index contributed by atoms with van der Waals surface area (Å²) < 4.78 is 0. The fourth-order valence-electron chi connectivity index (χ4n) is 2.73. The van der Waals surface area contributed by atoms with Gasteiger partial charge < -0.3 is 4.90 Å². The minimum Gasteiger partial charge on any atom is -0.312 e. The molecule has 1 unspecified atom stereocenters. The van der Waals surface area contributed by atoms with Gasteiger partial charge >= 0.3 is 0 Å². The predicted molar refractivity (Wildman–Crippen MR) is 78.4 cm³/mol. The highest BCUT2D eigenvalue weighted by Gasteiger charge is 2.30. The summed E-state index contributed by atoms with van der Waals surface area (Å²) in [6.45, 7) is 0.995. The Balaban J connectivity index is 1.95. The van der Waals surface area contributed by atoms with Crippen LogP contribution in [-0.2, 0) is 4.79 Å². The van der Waals surface area contributed by atoms with Gasteiger partial charge in [0, 0.05) is 29.8 Å². The zero-order chi connectivity index (χ0) is 13.9. The number of carbonyl (C=O) groups is 1. The molecule has 5 heteroatoms. The average molecular weight is 266 g/mol. The first-order valence-electron chi connectivity index (χ1n) is 6.58. The van der Waals surface area contributed by atoms with Crippen molar-refractivity contribution in [2.45, 2.75) is 6.42 Å². The first kappa shape index (κ1) is 12.5. The lowest BCUT2D eigenvalue weighted by Gasteiger charge is -2.18. The number of nitrogens with zero attached hydrogens (tertiary/aromatic N) is 4. The van der Waals surface area contributed by atoms with Crippen LogP contribution < -0.4 is 4.90 Å². The second-order valence-corrected chi connectivity index (χ2v) is 4.99. The van der Waals surface area contributed by atoms with Crippen LogP contribution in [0.4, 0.5) is 5.69 Å². The monoisotopic (exact) mass is 266 g/mol. The Hall–Kier alpha value is -2.52. The van der Waals surface area contributed by atoms with Gasteiger partial charge in [0.15, 0.2) is 0 Å². The lowest BCUT2D eigenvalue weighted by Crippen LogP contribution is -2.24. The summed E-state index contributed by atoms with van der Waals surface area (Å²) in [6.07, 6.45) is 0.447. The molecular formula is C15H14N4O. The quantitative estimate of drug-likeness (QED) is 0.476. The summed E-state index contributed by atoms with van der Waals surface area (Å²) in [5.41, 5.74) is 9.32. The number of anilines is 1. The molecule has 2 aromatic carbocycles. The summed E-state index contributed by atoms with van der Waals surface area (Å²) in [5, 5.41) is 5.78. The number of amides is 1. The van der Waals surface area contributed by atoms with Gasteiger partial charge in [-0.05, 0) is 22.9 Å². The van der Waals surface area contributed by atoms with Crippen LogP contribution in [0.15, 0.2) is 47.6 Å². The van der Waals surface area contributed by atoms with Gasteiger partial charge in [-0.15, -0.1) is 0 Å². The molecule has 1 aliphatic rings. The number of benzene rings is 2. The highest BCUT2D eigenvalue weighted by Crippen LogP contribution is 2.31. The largest absolute Gasteiger partial charge is 0.312 e. The zero-order valence-corrected chi connectivity index (χ0v) is 10.9. The molecule has 1 atom stereocenters. The van der Waals surface area contributed by atoms with Gasteiger partial charge in [0.05, 0.1) is 5.69 Å². The number of fused-ring (bicyclic) bond motifs is 1. The molecule has 0 N–H and O–H groups in total. The van der Waals surface area contributed by atoms with Crippen molar-refractivity contribution >= 4 is 22.4 Å². The van der Waals surface area contributed by atoms with Crippen molar-refractivity contribution in [3.8, 4) is 0 Å². The Morgan fingerprint density at radius 2 is 2.05 bits per heavy atom. The minimum absolute atomic E-state index is 0.0968. The summed E-state index contributed by atoms with van der Waals surface area (Å²) in [4.78, 5) is 16.8. The lowest BCUT2D eigenvalue weighted by molar-refractivity contribution is -0.117. The maximum Gasteiger partial charge on any atom is 0.227 e. The van der Waals surface area contributed by atoms with E-state index in [1.807, 2.05) is 42.5 Å². The second-order valence-electron chi connectivity index (χ2n) is 4.99. The van der Waals surface area contributed by atoms with Crippen LogP contribution >= 0.6 is 0 Å². The van der Waals surface area contributed by atoms with E-state index >= 15 is 0 Å². The predicted octanol–water partition coefficient (Wildman–Crippen LogP) is 3.50. The molecule has 100 valence electrons. The number of hydrogen-bond acceptors (Lipinski definition) is 2. The molecule has 0 radical (unpaired) electrons. The molecule has 1 fully saturated rings. The van der Waals surface area contributed by atoms with Crippen molar-refractivity contribution in [1.29, 1.82) is 0 Å². The molecule has 2 aromatic rings. The molecule has 0 spiro atoms. The normalized spacial score (nSPS) is 18.3. The van der Waals surface area contributed by atoms with Crippen molar-refractivity contribution in [1.82, 2.24) is 0 Å². The summed E-state index contributed by atoms with van der Waals surface area (Å²) in [6, 6.07) is 14.0. The van der Waals surface area contributed by atoms with E-state index in [2.05, 4.69) is 10.0 Å². The van der Waals surface area contributed by atoms with E-state index in [1.54, 1.807) is 4.90 Å². The van der Waals surface area contributed by atoms with Crippen molar-refractivity contribution in [3.63, 3.8) is 0 Å². The third-order valence-corrected chi connectivity index (χ3v) is 3.67. The first-order valence-corrected chi connectivity index (χ1v) is 6.58. The van der Waals surface area contributed by atoms with Crippen LogP contribution in [0.2, 0.25) is 0 Å². The smallest absolute Gasteiger partial charge is 0.227 e. The van der Waals surface area contributed by atoms with Crippen LogP contribution in [0, 0.1) is 5.92 Å². The van der Waals surface area contributed by atoms with Crippen LogP contribution in [-0.4, -0.2) is 19.0 Å². The number of hydrogen-bond donors (Lipinski definition) is 0. The van der Waals surface area contributed by atoms with Gasteiger partial charge in [-0.2, -0.15) is 0 Å². The van der Waals surface area contributed by atoms with Crippen LogP contribution in [0.3, 0.4) is 0 Å². The highest BCUT2D eigenvalue weighted by molar-refractivity contribution is 6.04. The Morgan fingerprint density at radius 1 is 1.25 bits per heavy atom. The molecule has 1 aliphatic heterocycles. The Bertz CT molecular complexity index is 701. The van der Waals surface area contributed by atoms with E-state index in [9.17, 15) is 4.79 Å². The second kappa shape index (κ2) is 5.23. The van der Waals surface area contributed by atoms with Crippen LogP contribution in [0.1, 0.15) is 6.42 Å². The molecule has 1 heterocycles. The van der Waals surface area contributed by atoms with Crippen LogP contribution in [0.5, 0.6) is 0 Å².